The number of benzene rings is 1. The number of rotatable bonds is 2. The Hall–Kier alpha value is -2.68. The molecule has 0 amide bonds. The fourth-order valence-corrected chi connectivity index (χ4v) is 3.06. The third-order valence-electron chi connectivity index (χ3n) is 4.35. The van der Waals surface area contributed by atoms with Crippen molar-refractivity contribution < 1.29 is 14.5 Å². The molecule has 120 valence electrons. The van der Waals surface area contributed by atoms with Crippen LogP contribution in [0.4, 0.5) is 0 Å². The largest absolute Gasteiger partial charge is 0.454 e. The SMILES string of the molecule is [2H]C([2H])([2H])C([2H])(C)c1ccc(-c2nc3c(cc2C)oc2ccccc23)[n+](C)c1. The van der Waals surface area contributed by atoms with Crippen LogP contribution in [0.1, 0.15) is 36.3 Å². The van der Waals surface area contributed by atoms with Gasteiger partial charge in [-0.2, -0.15) is 4.57 Å². The first-order valence-corrected chi connectivity index (χ1v) is 7.89. The van der Waals surface area contributed by atoms with E-state index in [9.17, 15) is 0 Å². The molecule has 0 fully saturated rings. The monoisotopic (exact) mass is 321 g/mol. The Morgan fingerprint density at radius 3 is 2.83 bits per heavy atom. The van der Waals surface area contributed by atoms with Gasteiger partial charge in [-0.15, -0.1) is 0 Å². The molecule has 0 radical (unpaired) electrons. The van der Waals surface area contributed by atoms with Crippen LogP contribution in [-0.2, 0) is 7.05 Å². The Labute approximate surface area is 147 Å². The van der Waals surface area contributed by atoms with Crippen LogP contribution >= 0.6 is 0 Å². The predicted molar refractivity (Wildman–Crippen MR) is 97.0 cm³/mol. The molecule has 3 heterocycles. The summed E-state index contributed by atoms with van der Waals surface area (Å²) >= 11 is 0. The van der Waals surface area contributed by atoms with Gasteiger partial charge in [-0.1, -0.05) is 25.9 Å². The van der Waals surface area contributed by atoms with Crippen LogP contribution in [0.15, 0.2) is 53.1 Å². The molecular formula is C21H21N2O+. The topological polar surface area (TPSA) is 29.9 Å². The van der Waals surface area contributed by atoms with E-state index >= 15 is 0 Å². The minimum Gasteiger partial charge on any atom is -0.454 e. The second kappa shape index (κ2) is 5.45. The van der Waals surface area contributed by atoms with Gasteiger partial charge in [0.1, 0.15) is 23.8 Å². The van der Waals surface area contributed by atoms with Crippen molar-refractivity contribution >= 4 is 22.1 Å². The van der Waals surface area contributed by atoms with E-state index in [1.807, 2.05) is 54.9 Å². The molecule has 1 aromatic carbocycles. The number of pyridine rings is 2. The van der Waals surface area contributed by atoms with Crippen LogP contribution in [-0.4, -0.2) is 4.98 Å². The normalized spacial score (nSPS) is 17.1. The molecule has 4 rings (SSSR count). The van der Waals surface area contributed by atoms with Gasteiger partial charge in [0.25, 0.3) is 0 Å². The van der Waals surface area contributed by atoms with Crippen molar-refractivity contribution in [3.8, 4) is 11.4 Å². The van der Waals surface area contributed by atoms with Crippen LogP contribution in [0, 0.1) is 6.92 Å². The summed E-state index contributed by atoms with van der Waals surface area (Å²) in [6.07, 6.45) is 1.70. The zero-order valence-corrected chi connectivity index (χ0v) is 13.9. The van der Waals surface area contributed by atoms with Crippen molar-refractivity contribution in [1.29, 1.82) is 0 Å². The molecular weight excluding hydrogens is 296 g/mol. The van der Waals surface area contributed by atoms with Gasteiger partial charge in [0.2, 0.25) is 5.69 Å². The highest BCUT2D eigenvalue weighted by atomic mass is 16.3. The quantitative estimate of drug-likeness (QED) is 0.491. The van der Waals surface area contributed by atoms with Gasteiger partial charge in [0, 0.05) is 22.5 Å². The van der Waals surface area contributed by atoms with E-state index in [0.29, 0.717) is 5.56 Å². The second-order valence-electron chi connectivity index (χ2n) is 6.14. The lowest BCUT2D eigenvalue weighted by Crippen LogP contribution is -2.31. The van der Waals surface area contributed by atoms with E-state index in [-0.39, 0.29) is 0 Å². The third kappa shape index (κ3) is 2.28. The molecule has 4 aromatic rings. The van der Waals surface area contributed by atoms with Gasteiger partial charge in [-0.3, -0.25) is 0 Å². The summed E-state index contributed by atoms with van der Waals surface area (Å²) < 4.78 is 39.0. The van der Waals surface area contributed by atoms with Gasteiger partial charge < -0.3 is 4.42 Å². The molecule has 0 aliphatic heterocycles. The molecule has 0 saturated carbocycles. The number of nitrogens with zero attached hydrogens (tertiary/aromatic N) is 2. The van der Waals surface area contributed by atoms with Gasteiger partial charge >= 0.3 is 0 Å². The smallest absolute Gasteiger partial charge is 0.231 e. The van der Waals surface area contributed by atoms with Crippen LogP contribution < -0.4 is 4.57 Å². The lowest BCUT2D eigenvalue weighted by atomic mass is 10.0. The van der Waals surface area contributed by atoms with E-state index in [2.05, 4.69) is 0 Å². The molecule has 0 N–H and O–H groups in total. The summed E-state index contributed by atoms with van der Waals surface area (Å²) in [5.74, 6) is -1.68. The second-order valence-corrected chi connectivity index (χ2v) is 6.14. The zero-order chi connectivity index (χ0) is 20.3. The Bertz CT molecular complexity index is 1210. The van der Waals surface area contributed by atoms with Crippen LogP contribution in [0.2, 0.25) is 0 Å². The fourth-order valence-electron chi connectivity index (χ4n) is 3.06. The first kappa shape index (κ1) is 11.0. The van der Waals surface area contributed by atoms with Crippen molar-refractivity contribution in [1.82, 2.24) is 4.98 Å². The Morgan fingerprint density at radius 2 is 2.04 bits per heavy atom. The number of furan rings is 1. The number of para-hydroxylation sites is 1. The molecule has 1 atom stereocenters. The van der Waals surface area contributed by atoms with Gasteiger partial charge in [0.15, 0.2) is 11.8 Å². The molecule has 0 aliphatic rings. The summed E-state index contributed by atoms with van der Waals surface area (Å²) in [7, 11) is 1.84. The summed E-state index contributed by atoms with van der Waals surface area (Å²) in [4.78, 5) is 4.86. The Balaban J connectivity index is 1.88. The van der Waals surface area contributed by atoms with Crippen molar-refractivity contribution in [3.05, 3.63) is 59.8 Å². The number of aryl methyl sites for hydroxylation is 2. The van der Waals surface area contributed by atoms with Crippen LogP contribution in [0.3, 0.4) is 0 Å². The Morgan fingerprint density at radius 1 is 1.21 bits per heavy atom. The van der Waals surface area contributed by atoms with Crippen molar-refractivity contribution in [2.45, 2.75) is 26.6 Å². The average molecular weight is 321 g/mol. The average Bonchev–Trinajstić information content (AvgIpc) is 2.97. The summed E-state index contributed by atoms with van der Waals surface area (Å²) in [5, 5.41) is 0.958. The first-order chi connectivity index (χ1) is 13.1. The molecule has 0 saturated heterocycles. The lowest BCUT2D eigenvalue weighted by molar-refractivity contribution is -0.661. The third-order valence-corrected chi connectivity index (χ3v) is 4.35. The number of hydrogen-bond donors (Lipinski definition) is 0. The molecule has 24 heavy (non-hydrogen) atoms. The van der Waals surface area contributed by atoms with Crippen molar-refractivity contribution in [3.63, 3.8) is 0 Å². The van der Waals surface area contributed by atoms with Gasteiger partial charge in [-0.25, -0.2) is 4.98 Å². The molecule has 3 heteroatoms. The summed E-state index contributed by atoms with van der Waals surface area (Å²) in [6, 6.07) is 13.3. The van der Waals surface area contributed by atoms with Crippen LogP contribution in [0.25, 0.3) is 33.5 Å². The molecule has 1 unspecified atom stereocenters. The maximum Gasteiger partial charge on any atom is 0.231 e. The van der Waals surface area contributed by atoms with Gasteiger partial charge in [0.05, 0.1) is 0 Å². The molecule has 0 spiro atoms. The minimum absolute atomic E-state index is 0.436. The molecule has 3 nitrogen and oxygen atoms in total. The minimum atomic E-state index is -2.41. The number of fused-ring (bicyclic) bond motifs is 3. The number of aromatic nitrogens is 2. The first-order valence-electron chi connectivity index (χ1n) is 9.89. The van der Waals surface area contributed by atoms with E-state index in [4.69, 9.17) is 14.9 Å². The maximum absolute atomic E-state index is 8.31. The molecule has 0 aliphatic carbocycles. The standard InChI is InChI=1S/C21H21N2O/c1-13(2)15-9-10-17(23(4)12-15)20-14(3)11-19-21(22-20)16-7-5-6-8-18(16)24-19/h5-13H,1-4H3/q+1/i1D3,13D. The van der Waals surface area contributed by atoms with E-state index < -0.39 is 12.7 Å². The maximum atomic E-state index is 8.31. The van der Waals surface area contributed by atoms with Crippen LogP contribution in [0.5, 0.6) is 0 Å². The zero-order valence-electron chi connectivity index (χ0n) is 17.9. The molecule has 3 aromatic heterocycles. The van der Waals surface area contributed by atoms with E-state index in [1.54, 1.807) is 12.3 Å². The van der Waals surface area contributed by atoms with E-state index in [0.717, 1.165) is 39.0 Å². The van der Waals surface area contributed by atoms with Crippen molar-refractivity contribution in [2.75, 3.05) is 0 Å². The fraction of sp³-hybridized carbons (Fsp3) is 0.238. The summed E-state index contributed by atoms with van der Waals surface area (Å²) in [5.41, 5.74) is 5.37. The Kier molecular flexibility index (Phi) is 2.49. The highest BCUT2D eigenvalue weighted by Crippen LogP contribution is 2.31. The highest BCUT2D eigenvalue weighted by Gasteiger charge is 2.18. The lowest BCUT2D eigenvalue weighted by Gasteiger charge is -2.07. The highest BCUT2D eigenvalue weighted by molar-refractivity contribution is 6.03. The summed E-state index contributed by atoms with van der Waals surface area (Å²) in [6.45, 7) is 0.979. The molecule has 0 bridgehead atoms. The predicted octanol–water partition coefficient (Wildman–Crippen LogP) is 4.90. The van der Waals surface area contributed by atoms with Gasteiger partial charge in [-0.05, 0) is 42.6 Å². The number of hydrogen-bond acceptors (Lipinski definition) is 2. The van der Waals surface area contributed by atoms with E-state index in [1.165, 1.54) is 6.92 Å². The van der Waals surface area contributed by atoms with Crippen molar-refractivity contribution in [2.24, 2.45) is 7.05 Å².